The van der Waals surface area contributed by atoms with Crippen LogP contribution in [0, 0.1) is 5.92 Å². The van der Waals surface area contributed by atoms with Gasteiger partial charge in [-0.3, -0.25) is 0 Å². The Labute approximate surface area is 180 Å². The maximum atomic E-state index is 10.4. The average Bonchev–Trinajstić information content (AvgIpc) is 2.71. The molecule has 7 nitrogen and oxygen atoms in total. The fourth-order valence-electron chi connectivity index (χ4n) is 3.91. The summed E-state index contributed by atoms with van der Waals surface area (Å²) in [6.45, 7) is 0. The Balaban J connectivity index is 1.55. The van der Waals surface area contributed by atoms with Gasteiger partial charge >= 0.3 is 0 Å². The van der Waals surface area contributed by atoms with E-state index in [9.17, 15) is 5.11 Å². The highest BCUT2D eigenvalue weighted by Crippen LogP contribution is 2.40. The zero-order valence-electron chi connectivity index (χ0n) is 17.2. The molecule has 158 valence electrons. The molecule has 1 aromatic carbocycles. The summed E-state index contributed by atoms with van der Waals surface area (Å²) in [5.41, 5.74) is 7.17. The van der Waals surface area contributed by atoms with E-state index in [1.165, 1.54) is 0 Å². The molecular formula is C21H30BrN5O2. The number of anilines is 2. The third-order valence-electron chi connectivity index (χ3n) is 5.55. The minimum atomic E-state index is -0.226. The van der Waals surface area contributed by atoms with Gasteiger partial charge in [-0.15, -0.1) is 0 Å². The van der Waals surface area contributed by atoms with Crippen molar-refractivity contribution in [3.63, 3.8) is 0 Å². The Morgan fingerprint density at radius 3 is 2.69 bits per heavy atom. The van der Waals surface area contributed by atoms with Crippen molar-refractivity contribution in [2.24, 2.45) is 11.7 Å². The van der Waals surface area contributed by atoms with E-state index < -0.39 is 0 Å². The van der Waals surface area contributed by atoms with E-state index in [0.717, 1.165) is 48.0 Å². The number of nitrogens with zero attached hydrogens (tertiary/aromatic N) is 3. The standard InChI is InChI=1S/C21H30BrN5O2/c1-27(2)19-8-9-24-21(26-19)25-15-6-4-13(5-7-15)10-17(23)16-11-14(22)12-18(29-3)20(16)28/h8-9,11-13,15,17,28H,4-7,10,23H2,1-3H3,(H,24,25,26). The van der Waals surface area contributed by atoms with Crippen LogP contribution in [-0.2, 0) is 0 Å². The number of phenolic OH excluding ortho intramolecular Hbond substituents is 1. The summed E-state index contributed by atoms with van der Waals surface area (Å²) in [6.07, 6.45) is 6.91. The molecule has 3 rings (SSSR count). The predicted octanol–water partition coefficient (Wildman–Crippen LogP) is 4.08. The number of nitrogens with one attached hydrogen (secondary N) is 1. The highest BCUT2D eigenvalue weighted by Gasteiger charge is 2.25. The van der Waals surface area contributed by atoms with E-state index in [-0.39, 0.29) is 11.8 Å². The minimum Gasteiger partial charge on any atom is -0.504 e. The van der Waals surface area contributed by atoms with E-state index in [4.69, 9.17) is 10.5 Å². The van der Waals surface area contributed by atoms with Gasteiger partial charge in [-0.05, 0) is 56.2 Å². The lowest BCUT2D eigenvalue weighted by atomic mass is 9.81. The number of aromatic hydroxyl groups is 1. The van der Waals surface area contributed by atoms with Crippen molar-refractivity contribution in [1.82, 2.24) is 9.97 Å². The quantitative estimate of drug-likeness (QED) is 0.568. The average molecular weight is 464 g/mol. The summed E-state index contributed by atoms with van der Waals surface area (Å²) >= 11 is 3.46. The van der Waals surface area contributed by atoms with Crippen LogP contribution in [0.3, 0.4) is 0 Å². The fraction of sp³-hybridized carbons (Fsp3) is 0.524. The van der Waals surface area contributed by atoms with E-state index in [1.807, 2.05) is 31.1 Å². The monoisotopic (exact) mass is 463 g/mol. The summed E-state index contributed by atoms with van der Waals surface area (Å²) < 4.78 is 6.09. The van der Waals surface area contributed by atoms with Gasteiger partial charge < -0.3 is 25.8 Å². The molecule has 0 radical (unpaired) electrons. The Kier molecular flexibility index (Phi) is 7.18. The number of phenols is 1. The van der Waals surface area contributed by atoms with Gasteiger partial charge in [-0.25, -0.2) is 4.98 Å². The normalized spacial score (nSPS) is 20.2. The lowest BCUT2D eigenvalue weighted by molar-refractivity contribution is 0.299. The first-order chi connectivity index (χ1) is 13.9. The number of halogens is 1. The lowest BCUT2D eigenvalue weighted by Gasteiger charge is -2.31. The molecule has 8 heteroatoms. The third kappa shape index (κ3) is 5.51. The topological polar surface area (TPSA) is 96.5 Å². The van der Waals surface area contributed by atoms with Crippen LogP contribution in [0.2, 0.25) is 0 Å². The van der Waals surface area contributed by atoms with E-state index >= 15 is 0 Å². The number of benzene rings is 1. The van der Waals surface area contributed by atoms with Crippen molar-refractivity contribution >= 4 is 27.7 Å². The van der Waals surface area contributed by atoms with E-state index in [1.54, 1.807) is 19.4 Å². The van der Waals surface area contributed by atoms with Gasteiger partial charge in [0.1, 0.15) is 5.82 Å². The van der Waals surface area contributed by atoms with Crippen molar-refractivity contribution in [3.8, 4) is 11.5 Å². The molecule has 1 heterocycles. The number of aromatic nitrogens is 2. The zero-order valence-corrected chi connectivity index (χ0v) is 18.8. The van der Waals surface area contributed by atoms with Gasteiger partial charge in [0, 0.05) is 42.4 Å². The first-order valence-corrected chi connectivity index (χ1v) is 10.8. The Hall–Kier alpha value is -2.06. The molecule has 1 atom stereocenters. The largest absolute Gasteiger partial charge is 0.504 e. The van der Waals surface area contributed by atoms with Gasteiger partial charge in [0.05, 0.1) is 7.11 Å². The summed E-state index contributed by atoms with van der Waals surface area (Å²) in [7, 11) is 5.49. The van der Waals surface area contributed by atoms with Crippen LogP contribution in [0.15, 0.2) is 28.9 Å². The van der Waals surface area contributed by atoms with E-state index in [2.05, 4.69) is 31.2 Å². The van der Waals surface area contributed by atoms with E-state index in [0.29, 0.717) is 23.7 Å². The number of nitrogens with two attached hydrogens (primary N) is 1. The summed E-state index contributed by atoms with van der Waals surface area (Å²) in [5, 5.41) is 13.9. The molecule has 0 spiro atoms. The van der Waals surface area contributed by atoms with Crippen molar-refractivity contribution < 1.29 is 9.84 Å². The van der Waals surface area contributed by atoms with Crippen LogP contribution in [-0.4, -0.2) is 42.3 Å². The summed E-state index contributed by atoms with van der Waals surface area (Å²) in [6, 6.07) is 5.67. The lowest BCUT2D eigenvalue weighted by Crippen LogP contribution is -2.28. The zero-order chi connectivity index (χ0) is 21.0. The molecule has 1 aliphatic carbocycles. The molecule has 1 fully saturated rings. The number of ether oxygens (including phenoxy) is 1. The minimum absolute atomic E-state index is 0.136. The van der Waals surface area contributed by atoms with Crippen LogP contribution >= 0.6 is 15.9 Å². The molecule has 29 heavy (non-hydrogen) atoms. The molecule has 1 unspecified atom stereocenters. The molecule has 2 aromatic rings. The van der Waals surface area contributed by atoms with Crippen molar-refractivity contribution in [2.75, 3.05) is 31.4 Å². The molecule has 4 N–H and O–H groups in total. The van der Waals surface area contributed by atoms with Gasteiger partial charge in [0.15, 0.2) is 11.5 Å². The molecule has 1 saturated carbocycles. The van der Waals surface area contributed by atoms with Gasteiger partial charge in [-0.2, -0.15) is 4.98 Å². The molecular weight excluding hydrogens is 434 g/mol. The summed E-state index contributed by atoms with van der Waals surface area (Å²) in [4.78, 5) is 10.9. The first kappa shape index (κ1) is 21.6. The van der Waals surface area contributed by atoms with Gasteiger partial charge in [-0.1, -0.05) is 15.9 Å². The van der Waals surface area contributed by atoms with Crippen LogP contribution in [0.25, 0.3) is 0 Å². The van der Waals surface area contributed by atoms with Crippen molar-refractivity contribution in [1.29, 1.82) is 0 Å². The van der Waals surface area contributed by atoms with Crippen LogP contribution in [0.5, 0.6) is 11.5 Å². The number of rotatable bonds is 7. The molecule has 1 aromatic heterocycles. The summed E-state index contributed by atoms with van der Waals surface area (Å²) in [5.74, 6) is 2.68. The highest BCUT2D eigenvalue weighted by molar-refractivity contribution is 9.10. The molecule has 0 bridgehead atoms. The first-order valence-electron chi connectivity index (χ1n) is 9.96. The molecule has 0 amide bonds. The van der Waals surface area contributed by atoms with Crippen molar-refractivity contribution in [2.45, 2.75) is 44.2 Å². The van der Waals surface area contributed by atoms with Crippen LogP contribution in [0.1, 0.15) is 43.7 Å². The third-order valence-corrected chi connectivity index (χ3v) is 6.01. The van der Waals surface area contributed by atoms with Crippen LogP contribution < -0.4 is 20.7 Å². The fourth-order valence-corrected chi connectivity index (χ4v) is 4.37. The van der Waals surface area contributed by atoms with Gasteiger partial charge in [0.25, 0.3) is 0 Å². The number of methoxy groups -OCH3 is 1. The number of hydrogen-bond donors (Lipinski definition) is 3. The Bertz CT molecular complexity index is 825. The predicted molar refractivity (Wildman–Crippen MR) is 120 cm³/mol. The Morgan fingerprint density at radius 1 is 1.31 bits per heavy atom. The molecule has 1 aliphatic rings. The molecule has 0 aliphatic heterocycles. The smallest absolute Gasteiger partial charge is 0.224 e. The molecule has 0 saturated heterocycles. The maximum Gasteiger partial charge on any atom is 0.224 e. The second kappa shape index (κ2) is 9.63. The van der Waals surface area contributed by atoms with Crippen LogP contribution in [0.4, 0.5) is 11.8 Å². The SMILES string of the molecule is COc1cc(Br)cc(C(N)CC2CCC(Nc3nccc(N(C)C)n3)CC2)c1O. The van der Waals surface area contributed by atoms with Gasteiger partial charge in [0.2, 0.25) is 5.95 Å². The number of hydrogen-bond acceptors (Lipinski definition) is 7. The second-order valence-corrected chi connectivity index (χ2v) is 8.80. The Morgan fingerprint density at radius 2 is 2.03 bits per heavy atom. The van der Waals surface area contributed by atoms with Crippen molar-refractivity contribution in [3.05, 3.63) is 34.4 Å². The maximum absolute atomic E-state index is 10.4. The highest BCUT2D eigenvalue weighted by atomic mass is 79.9. The second-order valence-electron chi connectivity index (χ2n) is 7.88.